The third-order valence-electron chi connectivity index (χ3n) is 22.4. The Morgan fingerprint density at radius 3 is 0.612 bits per heavy atom. The van der Waals surface area contributed by atoms with Crippen molar-refractivity contribution in [3.05, 3.63) is 142 Å². The van der Waals surface area contributed by atoms with Crippen molar-refractivity contribution in [2.45, 2.75) is 390 Å². The van der Waals surface area contributed by atoms with Crippen molar-refractivity contribution in [2.75, 3.05) is 14.3 Å². The SMILES string of the molecule is CCCCCCc1cc(Br)sc1-c1cc(CCCCCC)c(-c2sc(-c3sc(Br)cc3CCCCCC)cc2CCCCCC)s1.CCCCCCc1cc(Br)sc1-c1sc(Br)cc1CCCCCC.CCCCCCc1ccsc1-c1cc(CCCCCC)c(-c2sc(-c3sccc3CCCCCC)cc2CCCCCC)s1.[2H]CF.[2H]CF.[B]=NS. The average molecular weight is 2110 g/mol. The van der Waals surface area contributed by atoms with Crippen LogP contribution in [0.25, 0.3) is 68.3 Å². The van der Waals surface area contributed by atoms with Crippen molar-refractivity contribution in [1.82, 2.24) is 0 Å². The molecule has 0 fully saturated rings. The van der Waals surface area contributed by atoms with E-state index in [1.807, 2.05) is 68.0 Å². The van der Waals surface area contributed by atoms with Gasteiger partial charge in [0, 0.05) is 68.3 Å². The minimum atomic E-state index is -1.00. The molecule has 1 nitrogen and oxygen atoms in total. The number of aryl methyl sites for hydroxylation is 10. The molecule has 0 N–H and O–H groups in total. The summed E-state index contributed by atoms with van der Waals surface area (Å²) in [4.78, 5) is 21.4. The van der Waals surface area contributed by atoms with Crippen LogP contribution >= 0.6 is 190 Å². The van der Waals surface area contributed by atoms with Crippen molar-refractivity contribution in [2.24, 2.45) is 4.30 Å². The zero-order valence-electron chi connectivity index (χ0n) is 77.5. The van der Waals surface area contributed by atoms with E-state index in [0.717, 1.165) is 0 Å². The number of alkyl halides is 2. The summed E-state index contributed by atoms with van der Waals surface area (Å²) in [7, 11) is 2.34. The number of halogens is 6. The molecule has 0 saturated heterocycles. The van der Waals surface area contributed by atoms with Crippen LogP contribution in [0, 0.1) is 0 Å². The van der Waals surface area contributed by atoms with E-state index in [1.165, 1.54) is 386 Å². The number of thiol groups is 1. The van der Waals surface area contributed by atoms with E-state index < -0.39 is 14.3 Å². The van der Waals surface area contributed by atoms with Crippen molar-refractivity contribution in [3.63, 3.8) is 0 Å². The quantitative estimate of drug-likeness (QED) is 0.0222. The predicted molar refractivity (Wildman–Crippen MR) is 577 cm³/mol. The van der Waals surface area contributed by atoms with E-state index in [9.17, 15) is 8.78 Å². The first-order chi connectivity index (χ1) is 60.1. The van der Waals surface area contributed by atoms with E-state index in [-0.39, 0.29) is 0 Å². The molecule has 0 aliphatic carbocycles. The fraction of sp³-hybridized carbons (Fsp3) is 0.608. The van der Waals surface area contributed by atoms with Crippen molar-refractivity contribution in [1.29, 1.82) is 0 Å². The average Bonchev–Trinajstić information content (AvgIpc) is 1.63. The zero-order valence-corrected chi connectivity index (χ0v) is 90.9. The van der Waals surface area contributed by atoms with Crippen molar-refractivity contribution < 1.29 is 11.5 Å². The van der Waals surface area contributed by atoms with E-state index >= 15 is 0 Å². The van der Waals surface area contributed by atoms with E-state index in [0.29, 0.717) is 0 Å². The van der Waals surface area contributed by atoms with Gasteiger partial charge >= 0.3 is 24.8 Å². The van der Waals surface area contributed by atoms with Crippen LogP contribution < -0.4 is 0 Å². The number of thiophene rings is 10. The fourth-order valence-electron chi connectivity index (χ4n) is 15.7. The molecule has 0 aliphatic rings. The molecule has 10 aromatic rings. The third kappa shape index (κ3) is 39.5. The van der Waals surface area contributed by atoms with Gasteiger partial charge in [0.25, 0.3) is 0 Å². The van der Waals surface area contributed by atoms with Gasteiger partial charge in [-0.25, -0.2) is 0 Å². The summed E-state index contributed by atoms with van der Waals surface area (Å²) < 4.78 is 38.8. The second kappa shape index (κ2) is 68.1. The van der Waals surface area contributed by atoms with E-state index in [1.54, 1.807) is 73.8 Å². The van der Waals surface area contributed by atoms with Crippen LogP contribution in [0.15, 0.2) is 90.9 Å². The summed E-state index contributed by atoms with van der Waals surface area (Å²) in [5, 5.41) is 4.68. The van der Waals surface area contributed by atoms with Crippen LogP contribution in [-0.4, -0.2) is 21.9 Å². The van der Waals surface area contributed by atoms with Crippen LogP contribution in [0.3, 0.4) is 0 Å². The number of hydrogen-bond donors (Lipinski definition) is 1. The Hall–Kier alpha value is -1.01. The molecule has 0 spiro atoms. The second-order valence-electron chi connectivity index (χ2n) is 32.3. The Kier molecular flexibility index (Phi) is 60.2. The van der Waals surface area contributed by atoms with Gasteiger partial charge in [0.1, 0.15) is 0 Å². The summed E-state index contributed by atoms with van der Waals surface area (Å²) in [6, 6.07) is 24.7. The molecule has 121 heavy (non-hydrogen) atoms. The molecule has 0 aromatic carbocycles. The van der Waals surface area contributed by atoms with Gasteiger partial charge in [-0.2, -0.15) is 0 Å². The van der Waals surface area contributed by atoms with Gasteiger partial charge in [-0.15, -0.1) is 113 Å². The van der Waals surface area contributed by atoms with Gasteiger partial charge in [0.15, 0.2) is 0 Å². The molecule has 0 amide bonds. The summed E-state index contributed by atoms with van der Waals surface area (Å²) in [6.45, 7) is 23.1. The molecule has 10 aromatic heterocycles. The van der Waals surface area contributed by atoms with Crippen LogP contribution in [0.5, 0.6) is 0 Å². The molecule has 0 unspecified atom stereocenters. The first-order valence-corrected chi connectivity index (χ1v) is 58.5. The fourth-order valence-corrected chi connectivity index (χ4v) is 30.4. The van der Waals surface area contributed by atoms with Crippen molar-refractivity contribution >= 4 is 198 Å². The number of hydrogen-bond acceptors (Lipinski definition) is 12. The first-order valence-electron chi connectivity index (χ1n) is 48.0. The topological polar surface area (TPSA) is 12.4 Å². The Labute approximate surface area is 819 Å². The second-order valence-corrected chi connectivity index (χ2v) is 48.2. The molecule has 1 radical (unpaired) electrons. The minimum absolute atomic E-state index is 1.00. The standard InChI is InChI=1S/C40H56Br2S4.C40H58S4.C20H28Br2S2.2CH3F.BHNS/c1-5-9-13-17-21-29-25-33(37-31(27-35(41)45-37)23-19-15-11-7-3)43-39(29)40-30(22-18-14-10-6-2)26-34(44-40)38-32(28-36(42)46-38)24-20-16-12-8-4;1-5-9-13-17-21-31-25-27-41-37(31)35-29-33(23-19-15-11-7-3)39(43-35)40-34(24-20-16-12-8-4)30-36(44-40)38-32(26-28-42-38)22-18-14-10-6-2;1-3-5-7-9-11-15-13-17(21)23-19(15)20-16(14-18(22)24-20)12-10-8-6-4-2;2*1-2;1-2-3/h25-28H,5-24H2,1-4H3;25-30H,5-24H2,1-4H3;13-14H,3-12H2,1-2H3;2*1H3;3H/i;;;2*1D;. The van der Waals surface area contributed by atoms with E-state index in [2.05, 4.69) is 274 Å². The number of rotatable bonds is 57. The van der Waals surface area contributed by atoms with Gasteiger partial charge in [-0.3, -0.25) is 8.78 Å². The zero-order chi connectivity index (χ0) is 89.2. The van der Waals surface area contributed by atoms with Crippen molar-refractivity contribution in [3.8, 4) is 68.3 Å². The normalized spacial score (nSPS) is 11.3. The van der Waals surface area contributed by atoms with Gasteiger partial charge < -0.3 is 0 Å². The summed E-state index contributed by atoms with van der Waals surface area (Å²) >= 11 is 38.4. The Morgan fingerprint density at radius 1 is 0.256 bits per heavy atom. The predicted octanol–water partition coefficient (Wildman–Crippen LogP) is 43.0. The summed E-state index contributed by atoms with van der Waals surface area (Å²) in [6.07, 6.45) is 65.0. The monoisotopic (exact) mass is 2110 g/mol. The molecule has 0 atom stereocenters. The van der Waals surface area contributed by atoms with Gasteiger partial charge in [0.05, 0.1) is 32.2 Å². The molecule has 0 aliphatic heterocycles. The Bertz CT molecular complexity index is 4070. The van der Waals surface area contributed by atoms with E-state index in [4.69, 9.17) is 2.74 Å². The molecule has 10 rings (SSSR count). The van der Waals surface area contributed by atoms with Crippen LogP contribution in [-0.2, 0) is 64.2 Å². The first kappa shape index (κ1) is 107. The number of unbranched alkanes of at least 4 members (excludes halogenated alkanes) is 30. The third-order valence-corrected chi connectivity index (χ3v) is 36.9. The van der Waals surface area contributed by atoms with Gasteiger partial charge in [-0.05, 0) is 319 Å². The molecule has 0 saturated carbocycles. The summed E-state index contributed by atoms with van der Waals surface area (Å²) in [5.41, 5.74) is 15.7. The number of nitrogens with zero attached hydrogens (tertiary/aromatic N) is 1. The van der Waals surface area contributed by atoms with Crippen LogP contribution in [0.4, 0.5) is 8.78 Å². The molecule has 0 bridgehead atoms. The molecular formula is C102H149BBr4F2NS11. The van der Waals surface area contributed by atoms with Gasteiger partial charge in [0.2, 0.25) is 0 Å². The Morgan fingerprint density at radius 2 is 0.413 bits per heavy atom. The molecule has 673 valence electrons. The van der Waals surface area contributed by atoms with Crippen LogP contribution in [0.1, 0.15) is 384 Å². The Balaban J connectivity index is 0.000000325. The molecule has 19 heteroatoms. The summed E-state index contributed by atoms with van der Waals surface area (Å²) in [5.74, 6) is 0. The molecular weight excluding hydrogens is 1960 g/mol. The van der Waals surface area contributed by atoms with Gasteiger partial charge in [-0.1, -0.05) is 262 Å². The maximum absolute atomic E-state index is 9.96. The molecule has 10 heterocycles. The van der Waals surface area contributed by atoms with Crippen LogP contribution in [0.2, 0.25) is 0 Å². The maximum atomic E-state index is 9.96.